The number of nitrogens with two attached hydrogens (primary N) is 1. The third-order valence-electron chi connectivity index (χ3n) is 2.85. The maximum Gasteiger partial charge on any atom is 0.0486 e. The van der Waals surface area contributed by atoms with Gasteiger partial charge in [0.15, 0.2) is 0 Å². The summed E-state index contributed by atoms with van der Waals surface area (Å²) < 4.78 is 11.8. The Morgan fingerprint density at radius 3 is 2.56 bits per heavy atom. The summed E-state index contributed by atoms with van der Waals surface area (Å²) in [7, 11) is -0.856. The molecule has 1 aliphatic carbocycles. The van der Waals surface area contributed by atoms with Gasteiger partial charge in [0.25, 0.3) is 0 Å². The van der Waals surface area contributed by atoms with Crippen molar-refractivity contribution < 1.29 is 4.21 Å². The van der Waals surface area contributed by atoms with Crippen molar-refractivity contribution in [2.24, 2.45) is 11.7 Å². The maximum absolute atomic E-state index is 11.8. The van der Waals surface area contributed by atoms with Gasteiger partial charge in [-0.1, -0.05) is 23.7 Å². The molecule has 4 heteroatoms. The van der Waals surface area contributed by atoms with E-state index in [1.807, 2.05) is 24.3 Å². The van der Waals surface area contributed by atoms with Gasteiger partial charge in [-0.05, 0) is 36.5 Å². The highest BCUT2D eigenvalue weighted by Gasteiger charge is 2.29. The van der Waals surface area contributed by atoms with Gasteiger partial charge < -0.3 is 5.73 Å². The van der Waals surface area contributed by atoms with Gasteiger partial charge in [0.05, 0.1) is 0 Å². The Labute approximate surface area is 104 Å². The van der Waals surface area contributed by atoms with E-state index in [1.165, 1.54) is 12.8 Å². The molecule has 0 spiro atoms. The SMILES string of the molecule is NC(CS(=O)Cc1ccc(Cl)cc1)C1CC1. The lowest BCUT2D eigenvalue weighted by molar-refractivity contribution is 0.634. The molecule has 2 rings (SSSR count). The Bertz CT molecular complexity index is 375. The lowest BCUT2D eigenvalue weighted by Gasteiger charge is -2.09. The van der Waals surface area contributed by atoms with Gasteiger partial charge in [0.1, 0.15) is 0 Å². The van der Waals surface area contributed by atoms with Gasteiger partial charge in [-0.15, -0.1) is 0 Å². The van der Waals surface area contributed by atoms with Gasteiger partial charge in [-0.2, -0.15) is 0 Å². The second kappa shape index (κ2) is 5.30. The predicted molar refractivity (Wildman–Crippen MR) is 68.9 cm³/mol. The highest BCUT2D eigenvalue weighted by atomic mass is 35.5. The second-order valence-corrected chi connectivity index (χ2v) is 6.32. The fourth-order valence-corrected chi connectivity index (χ4v) is 3.21. The quantitative estimate of drug-likeness (QED) is 0.880. The van der Waals surface area contributed by atoms with Crippen molar-refractivity contribution in [2.45, 2.75) is 24.6 Å². The number of rotatable bonds is 5. The predicted octanol–water partition coefficient (Wildman–Crippen LogP) is 2.33. The molecule has 2 N–H and O–H groups in total. The molecule has 1 fully saturated rings. The first-order valence-corrected chi connectivity index (χ1v) is 7.37. The minimum Gasteiger partial charge on any atom is -0.327 e. The van der Waals surface area contributed by atoms with Crippen molar-refractivity contribution in [1.29, 1.82) is 0 Å². The molecule has 0 amide bonds. The normalized spacial score (nSPS) is 19.4. The van der Waals surface area contributed by atoms with Crippen LogP contribution in [-0.2, 0) is 16.6 Å². The van der Waals surface area contributed by atoms with E-state index in [1.54, 1.807) is 0 Å². The van der Waals surface area contributed by atoms with E-state index in [4.69, 9.17) is 17.3 Å². The molecule has 1 aliphatic rings. The van der Waals surface area contributed by atoms with Crippen LogP contribution in [-0.4, -0.2) is 16.0 Å². The van der Waals surface area contributed by atoms with E-state index in [-0.39, 0.29) is 6.04 Å². The summed E-state index contributed by atoms with van der Waals surface area (Å²) in [5, 5.41) is 0.712. The Hall–Kier alpha value is -0.380. The zero-order valence-corrected chi connectivity index (χ0v) is 10.6. The van der Waals surface area contributed by atoms with Crippen LogP contribution in [0.25, 0.3) is 0 Å². The molecule has 0 aromatic heterocycles. The van der Waals surface area contributed by atoms with Crippen LogP contribution < -0.4 is 5.73 Å². The van der Waals surface area contributed by atoms with Crippen LogP contribution in [0.5, 0.6) is 0 Å². The van der Waals surface area contributed by atoms with Gasteiger partial charge in [0.2, 0.25) is 0 Å². The molecule has 0 saturated heterocycles. The molecule has 0 heterocycles. The first-order valence-electron chi connectivity index (χ1n) is 5.50. The Balaban J connectivity index is 1.84. The van der Waals surface area contributed by atoms with E-state index < -0.39 is 10.8 Å². The van der Waals surface area contributed by atoms with Crippen molar-refractivity contribution in [2.75, 3.05) is 5.75 Å². The molecule has 88 valence electrons. The molecule has 2 nitrogen and oxygen atoms in total. The monoisotopic (exact) mass is 257 g/mol. The number of hydrogen-bond donors (Lipinski definition) is 1. The summed E-state index contributed by atoms with van der Waals surface area (Å²) in [6, 6.07) is 7.61. The summed E-state index contributed by atoms with van der Waals surface area (Å²) >= 11 is 5.79. The third-order valence-corrected chi connectivity index (χ3v) is 4.51. The van der Waals surface area contributed by atoms with E-state index in [2.05, 4.69) is 0 Å². The minimum absolute atomic E-state index is 0.119. The van der Waals surface area contributed by atoms with Gasteiger partial charge in [-0.25, -0.2) is 0 Å². The highest BCUT2D eigenvalue weighted by molar-refractivity contribution is 7.84. The molecular weight excluding hydrogens is 242 g/mol. The first-order chi connectivity index (χ1) is 7.65. The van der Waals surface area contributed by atoms with E-state index in [0.29, 0.717) is 22.4 Å². The zero-order valence-electron chi connectivity index (χ0n) is 9.06. The number of halogens is 1. The lowest BCUT2D eigenvalue weighted by atomic mass is 10.2. The molecular formula is C12H16ClNOS. The largest absolute Gasteiger partial charge is 0.327 e. The molecule has 16 heavy (non-hydrogen) atoms. The smallest absolute Gasteiger partial charge is 0.0486 e. The lowest BCUT2D eigenvalue weighted by Crippen LogP contribution is -2.29. The summed E-state index contributed by atoms with van der Waals surface area (Å²) in [5.74, 6) is 1.82. The average molecular weight is 258 g/mol. The third kappa shape index (κ3) is 3.58. The molecule has 1 aromatic rings. The first kappa shape index (κ1) is 12.1. The average Bonchev–Trinajstić information content (AvgIpc) is 3.04. The maximum atomic E-state index is 11.8. The van der Waals surface area contributed by atoms with E-state index in [9.17, 15) is 4.21 Å². The molecule has 2 atom stereocenters. The Kier molecular flexibility index (Phi) is 4.00. The van der Waals surface area contributed by atoms with Crippen LogP contribution in [0.4, 0.5) is 0 Å². The Morgan fingerprint density at radius 1 is 1.38 bits per heavy atom. The summed E-state index contributed by atoms with van der Waals surface area (Å²) in [6.07, 6.45) is 2.42. The zero-order chi connectivity index (χ0) is 11.5. The van der Waals surface area contributed by atoms with Crippen LogP contribution in [0.2, 0.25) is 5.02 Å². The van der Waals surface area contributed by atoms with Crippen molar-refractivity contribution >= 4 is 22.4 Å². The molecule has 0 radical (unpaired) electrons. The molecule has 0 bridgehead atoms. The Morgan fingerprint density at radius 2 is 2.00 bits per heavy atom. The van der Waals surface area contributed by atoms with Crippen LogP contribution in [0, 0.1) is 5.92 Å². The molecule has 1 saturated carbocycles. The van der Waals surface area contributed by atoms with Crippen molar-refractivity contribution in [3.05, 3.63) is 34.9 Å². The summed E-state index contributed by atoms with van der Waals surface area (Å²) in [5.41, 5.74) is 7.00. The standard InChI is InChI=1S/C12H16ClNOS/c13-11-5-1-9(2-6-11)7-16(15)8-12(14)10-3-4-10/h1-2,5-6,10,12H,3-4,7-8,14H2. The van der Waals surface area contributed by atoms with Gasteiger partial charge in [0, 0.05) is 33.4 Å². The van der Waals surface area contributed by atoms with Crippen LogP contribution in [0.1, 0.15) is 18.4 Å². The highest BCUT2D eigenvalue weighted by Crippen LogP contribution is 2.31. The van der Waals surface area contributed by atoms with Crippen LogP contribution in [0.15, 0.2) is 24.3 Å². The summed E-state index contributed by atoms with van der Waals surface area (Å²) in [6.45, 7) is 0. The van der Waals surface area contributed by atoms with Crippen LogP contribution >= 0.6 is 11.6 Å². The molecule has 2 unspecified atom stereocenters. The van der Waals surface area contributed by atoms with Gasteiger partial charge >= 0.3 is 0 Å². The van der Waals surface area contributed by atoms with E-state index >= 15 is 0 Å². The fraction of sp³-hybridized carbons (Fsp3) is 0.500. The van der Waals surface area contributed by atoms with Crippen molar-refractivity contribution in [1.82, 2.24) is 0 Å². The molecule has 1 aromatic carbocycles. The fourth-order valence-electron chi connectivity index (χ4n) is 1.70. The summed E-state index contributed by atoms with van der Waals surface area (Å²) in [4.78, 5) is 0. The van der Waals surface area contributed by atoms with Crippen molar-refractivity contribution in [3.63, 3.8) is 0 Å². The van der Waals surface area contributed by atoms with Crippen LogP contribution in [0.3, 0.4) is 0 Å². The van der Waals surface area contributed by atoms with Gasteiger partial charge in [-0.3, -0.25) is 4.21 Å². The number of hydrogen-bond acceptors (Lipinski definition) is 2. The van der Waals surface area contributed by atoms with E-state index in [0.717, 1.165) is 5.56 Å². The topological polar surface area (TPSA) is 43.1 Å². The second-order valence-electron chi connectivity index (χ2n) is 4.38. The number of benzene rings is 1. The van der Waals surface area contributed by atoms with Crippen molar-refractivity contribution in [3.8, 4) is 0 Å². The molecule has 0 aliphatic heterocycles. The minimum atomic E-state index is -0.856.